The van der Waals surface area contributed by atoms with Crippen molar-refractivity contribution in [3.8, 4) is 0 Å². The van der Waals surface area contributed by atoms with Gasteiger partial charge in [-0.15, -0.1) is 0 Å². The summed E-state index contributed by atoms with van der Waals surface area (Å²) in [5.41, 5.74) is 1.61. The topological polar surface area (TPSA) is 13.0 Å². The van der Waals surface area contributed by atoms with Crippen LogP contribution in [0.2, 0.25) is 17.5 Å². The molecular weight excluding hydrogens is 1390 g/mol. The molecule has 0 amide bonds. The van der Waals surface area contributed by atoms with Gasteiger partial charge in [-0.3, -0.25) is 19.6 Å². The van der Waals surface area contributed by atoms with Gasteiger partial charge in [-0.2, -0.15) is 0 Å². The third-order valence-electron chi connectivity index (χ3n) is 45.4. The molecule has 115 heavy (non-hydrogen) atoms. The van der Waals surface area contributed by atoms with Gasteiger partial charge in [0.25, 0.3) is 0 Å². The molecule has 0 aromatic heterocycles. The predicted octanol–water partition coefficient (Wildman–Crippen LogP) is 28.9. The third kappa shape index (κ3) is 14.8. The van der Waals surface area contributed by atoms with Crippen LogP contribution >= 0.6 is 0 Å². The normalized spacial score (nSPS) is 50.4. The summed E-state index contributed by atoms with van der Waals surface area (Å²) < 4.78 is 0. The van der Waals surface area contributed by atoms with E-state index in [1.54, 1.807) is 225 Å². The van der Waals surface area contributed by atoms with E-state index in [1.807, 2.05) is 0 Å². The summed E-state index contributed by atoms with van der Waals surface area (Å²) in [5.74, 6) is 25.6. The second-order valence-corrected chi connectivity index (χ2v) is 53.7. The average molecular weight is 1570 g/mol. The van der Waals surface area contributed by atoms with E-state index in [0.717, 1.165) is 239 Å². The molecule has 0 spiro atoms. The van der Waals surface area contributed by atoms with Crippen LogP contribution in [0.3, 0.4) is 0 Å². The van der Waals surface area contributed by atoms with E-state index < -0.39 is 0 Å². The molecule has 5 heteroatoms. The van der Waals surface area contributed by atoms with E-state index in [1.165, 1.54) is 128 Å². The van der Waals surface area contributed by atoms with Crippen LogP contribution in [-0.4, -0.2) is 98.8 Å². The maximum absolute atomic E-state index is 4.11. The Balaban J connectivity index is 0.778. The second-order valence-electron chi connectivity index (χ2n) is 53.7. The lowest BCUT2D eigenvalue weighted by Crippen LogP contribution is -2.78. The van der Waals surface area contributed by atoms with Crippen LogP contribution in [0.4, 0.5) is 0 Å². The first-order chi connectivity index (χ1) is 55.6. The Kier molecular flexibility index (Phi) is 23.3. The summed E-state index contributed by atoms with van der Waals surface area (Å²) in [4.78, 5) is 15.5. The van der Waals surface area contributed by atoms with E-state index in [4.69, 9.17) is 0 Å². The number of rotatable bonds is 9. The van der Waals surface area contributed by atoms with Crippen molar-refractivity contribution in [1.29, 1.82) is 0 Å². The smallest absolute Gasteiger partial charge is 0.156 e. The third-order valence-corrected chi connectivity index (χ3v) is 45.4. The molecule has 21 aliphatic rings. The molecule has 17 aliphatic carbocycles. The lowest BCUT2D eigenvalue weighted by Gasteiger charge is -2.73. The molecule has 31 unspecified atom stereocenters. The van der Waals surface area contributed by atoms with Crippen molar-refractivity contribution in [2.75, 3.05) is 0 Å². The zero-order chi connectivity index (χ0) is 78.3. The molecule has 0 N–H and O–H groups in total. The van der Waals surface area contributed by atoms with Gasteiger partial charge in [-0.25, -0.2) is 0 Å². The first kappa shape index (κ1) is 81.9. The molecule has 0 bridgehead atoms. The molecule has 21 rings (SSSR count). The Labute approximate surface area is 711 Å². The van der Waals surface area contributed by atoms with Crippen LogP contribution in [0.25, 0.3) is 0 Å². The van der Waals surface area contributed by atoms with Gasteiger partial charge in [0, 0.05) is 72.5 Å². The van der Waals surface area contributed by atoms with E-state index >= 15 is 0 Å². The Morgan fingerprint density at radius 2 is 0.504 bits per heavy atom. The molecule has 4 nitrogen and oxygen atoms in total. The monoisotopic (exact) mass is 1570 g/mol. The van der Waals surface area contributed by atoms with Gasteiger partial charge in [0.05, 0.1) is 0 Å². The minimum atomic E-state index is 0.378. The number of likely N-dealkylation sites (tertiary alicyclic amines) is 2. The van der Waals surface area contributed by atoms with Gasteiger partial charge in [0.2, 0.25) is 0 Å². The first-order valence-electron chi connectivity index (χ1n) is 54.7. The van der Waals surface area contributed by atoms with E-state index in [2.05, 4.69) is 103 Å². The molecule has 4 aliphatic heterocycles. The first-order valence-corrected chi connectivity index (χ1v) is 54.7. The van der Waals surface area contributed by atoms with Crippen LogP contribution in [0.5, 0.6) is 0 Å². The minimum absolute atomic E-state index is 0.378. The second kappa shape index (κ2) is 32.6. The fraction of sp³-hybridized carbons (Fsp3) is 1.00. The molecule has 31 atom stereocenters. The molecule has 0 aromatic rings. The van der Waals surface area contributed by atoms with Gasteiger partial charge in [-0.1, -0.05) is 282 Å². The predicted molar refractivity (Wildman–Crippen MR) is 485 cm³/mol. The molecule has 0 radical (unpaired) electrons. The quantitative estimate of drug-likeness (QED) is 0.213. The van der Waals surface area contributed by atoms with Gasteiger partial charge in [0.1, 0.15) is 0 Å². The summed E-state index contributed by atoms with van der Waals surface area (Å²) in [6.45, 7) is 34.1. The van der Waals surface area contributed by atoms with Gasteiger partial charge in [-0.05, 0) is 335 Å². The van der Waals surface area contributed by atoms with Crippen molar-refractivity contribution in [3.63, 3.8) is 0 Å². The Hall–Kier alpha value is -0.0951. The fourth-order valence-electron chi connectivity index (χ4n) is 40.7. The zero-order valence-corrected chi connectivity index (χ0v) is 77.8. The number of fused-ring (bicyclic) bond motifs is 10. The number of hydrogen-bond acceptors (Lipinski definition) is 4. The van der Waals surface area contributed by atoms with Crippen molar-refractivity contribution >= 4 is 6.71 Å². The van der Waals surface area contributed by atoms with Gasteiger partial charge >= 0.3 is 0 Å². The van der Waals surface area contributed by atoms with Crippen LogP contribution in [0, 0.1) is 164 Å². The fourth-order valence-corrected chi connectivity index (χ4v) is 40.7. The summed E-state index contributed by atoms with van der Waals surface area (Å²) in [5, 5.41) is 0. The van der Waals surface area contributed by atoms with Gasteiger partial charge < -0.3 is 0 Å². The lowest BCUT2D eigenvalue weighted by atomic mass is 9.18. The summed E-state index contributed by atoms with van der Waals surface area (Å²) in [6, 6.07) is 9.92. The highest BCUT2D eigenvalue weighted by Gasteiger charge is 2.72. The Bertz CT molecular complexity index is 3130. The highest BCUT2D eigenvalue weighted by atomic mass is 15.3. The van der Waals surface area contributed by atoms with Crippen molar-refractivity contribution in [2.45, 2.75) is 526 Å². The molecule has 4 heterocycles. The highest BCUT2D eigenvalue weighted by Crippen LogP contribution is 2.72. The SMILES string of the molecule is CC(C)(C)C1CC2CCC3CC(C(C)(C)C)CC4C(C5CCC6B7C8CCC(N9C%10CCCCC%10C%10CCCCC%109)CC8N(C8C(C9CCCCC9)CC(C(C)(C)C)CC8C8CCCCC8)C8CC(N9C%10CCCCC%10C%10CCCCC%109)CC(C78)N(C7C(C8CCCCC8)CC(C(C)(C)C)CC7C7CCCCC7)C6C5)CC(C1)C2C34. The molecule has 4 saturated heterocycles. The summed E-state index contributed by atoms with van der Waals surface area (Å²) >= 11 is 0. The zero-order valence-electron chi connectivity index (χ0n) is 77.8. The van der Waals surface area contributed by atoms with Crippen LogP contribution in [-0.2, 0) is 0 Å². The molecule has 21 fully saturated rings. The maximum atomic E-state index is 4.11. The Morgan fingerprint density at radius 3 is 0.913 bits per heavy atom. The Morgan fingerprint density at radius 1 is 0.191 bits per heavy atom. The highest BCUT2D eigenvalue weighted by molar-refractivity contribution is 6.65. The lowest BCUT2D eigenvalue weighted by molar-refractivity contribution is -0.161. The number of nitrogens with zero attached hydrogens (tertiary/aromatic N) is 4. The molecular formula is C110H185BN4. The van der Waals surface area contributed by atoms with Crippen molar-refractivity contribution in [3.05, 3.63) is 0 Å². The largest absolute Gasteiger partial charge is 0.295 e. The van der Waals surface area contributed by atoms with E-state index in [-0.39, 0.29) is 0 Å². The van der Waals surface area contributed by atoms with E-state index in [0.29, 0.717) is 21.7 Å². The molecule has 648 valence electrons. The maximum Gasteiger partial charge on any atom is 0.156 e. The summed E-state index contributed by atoms with van der Waals surface area (Å²) in [7, 11) is 0. The number of hydrogen-bond donors (Lipinski definition) is 0. The van der Waals surface area contributed by atoms with Crippen molar-refractivity contribution in [2.24, 2.45) is 164 Å². The summed E-state index contributed by atoms with van der Waals surface area (Å²) in [6.07, 6.45) is 86.1. The van der Waals surface area contributed by atoms with Crippen LogP contribution in [0.15, 0.2) is 0 Å². The minimum Gasteiger partial charge on any atom is -0.295 e. The van der Waals surface area contributed by atoms with Crippen LogP contribution < -0.4 is 0 Å². The van der Waals surface area contributed by atoms with Crippen molar-refractivity contribution < 1.29 is 0 Å². The molecule has 17 saturated carbocycles. The average Bonchev–Trinajstić information content (AvgIpc) is 1.01. The van der Waals surface area contributed by atoms with Crippen molar-refractivity contribution in [1.82, 2.24) is 19.6 Å². The van der Waals surface area contributed by atoms with Crippen LogP contribution in [0.1, 0.15) is 436 Å². The standard InChI is InChI=1S/C110H185BN4/c1-107(2,3)76-55-73-49-50-74-56-77(108(4,5)6)64-91-86(58-75(57-76)102(73)103(74)91)72-51-53-92-98(59-72)114(105-87(68-33-17-13-18-34-68)60-78(109(7,8)9)61-88(105)69-35-19-14-20-36-69)100-66-81(113-96-47-31-27-43-84(96)85-44-28-32-48-97(85)113)67-101-104(100)111(92)93-54-52-80(112-94-45-29-25-41-82(94)83-42-26-30-46-95(83)112)65-99(93)115(101)106-89(70-37-21-15-22-38-70)62-79(110(10,11)12)63-90(106)71-39-23-16-24-40-71/h68-106H,13-67H2,1-12H3. The van der Waals surface area contributed by atoms with E-state index in [9.17, 15) is 0 Å². The van der Waals surface area contributed by atoms with Gasteiger partial charge in [0.15, 0.2) is 6.71 Å². The molecule has 0 aromatic carbocycles.